The molecule has 0 atom stereocenters. The molecule has 0 unspecified atom stereocenters. The first-order valence-electron chi connectivity index (χ1n) is 3.81. The summed E-state index contributed by atoms with van der Waals surface area (Å²) in [7, 11) is -5.35. The van der Waals surface area contributed by atoms with Crippen LogP contribution in [-0.2, 0) is 14.6 Å². The zero-order valence-electron chi connectivity index (χ0n) is 7.52. The van der Waals surface area contributed by atoms with Crippen LogP contribution in [0.15, 0.2) is 29.2 Å². The highest BCUT2D eigenvalue weighted by molar-refractivity contribution is 7.93. The Labute approximate surface area is 88.2 Å². The molecule has 16 heavy (non-hydrogen) atoms. The van der Waals surface area contributed by atoms with Gasteiger partial charge in [0.15, 0.2) is 0 Å². The van der Waals surface area contributed by atoms with Gasteiger partial charge in [-0.15, -0.1) is 0 Å². The Morgan fingerprint density at radius 3 is 2.00 bits per heavy atom. The van der Waals surface area contributed by atoms with Crippen molar-refractivity contribution < 1.29 is 31.5 Å². The Bertz CT molecular complexity index is 507. The van der Waals surface area contributed by atoms with E-state index in [1.807, 2.05) is 0 Å². The minimum absolute atomic E-state index is 0.571. The van der Waals surface area contributed by atoms with Gasteiger partial charge in [0, 0.05) is 0 Å². The molecule has 0 saturated carbocycles. The largest absolute Gasteiger partial charge is 0.476 e. The fourth-order valence-corrected chi connectivity index (χ4v) is 1.90. The molecular formula is C8H5F3O4S. The van der Waals surface area contributed by atoms with Gasteiger partial charge in [-0.05, 0) is 24.3 Å². The van der Waals surface area contributed by atoms with Gasteiger partial charge in [-0.2, -0.15) is 8.78 Å². The number of hydrogen-bond donors (Lipinski definition) is 1. The molecule has 0 heterocycles. The molecule has 0 aliphatic heterocycles. The van der Waals surface area contributed by atoms with Gasteiger partial charge in [0.25, 0.3) is 9.84 Å². The van der Waals surface area contributed by atoms with Crippen molar-refractivity contribution in [3.8, 4) is 0 Å². The number of benzene rings is 1. The van der Waals surface area contributed by atoms with Crippen LogP contribution in [0.3, 0.4) is 0 Å². The monoisotopic (exact) mass is 254 g/mol. The lowest BCUT2D eigenvalue weighted by Crippen LogP contribution is -2.37. The SMILES string of the molecule is O=C(O)C(F)(F)S(=O)(=O)c1ccc(F)cc1. The van der Waals surface area contributed by atoms with Gasteiger partial charge in [-0.3, -0.25) is 0 Å². The molecule has 88 valence electrons. The maximum atomic E-state index is 12.8. The number of hydrogen-bond acceptors (Lipinski definition) is 3. The van der Waals surface area contributed by atoms with Crippen molar-refractivity contribution in [3.05, 3.63) is 30.1 Å². The Kier molecular flexibility index (Phi) is 2.95. The molecule has 0 aliphatic carbocycles. The Hall–Kier alpha value is -1.57. The number of carboxylic acids is 1. The summed E-state index contributed by atoms with van der Waals surface area (Å²) in [5, 5.41) is 3.15. The molecular weight excluding hydrogens is 249 g/mol. The van der Waals surface area contributed by atoms with Crippen LogP contribution >= 0.6 is 0 Å². The van der Waals surface area contributed by atoms with Gasteiger partial charge in [0.2, 0.25) is 0 Å². The second-order valence-corrected chi connectivity index (χ2v) is 4.77. The number of carboxylic acid groups (broad SMARTS) is 1. The molecule has 0 radical (unpaired) electrons. The van der Waals surface area contributed by atoms with Crippen molar-refractivity contribution in [3.63, 3.8) is 0 Å². The van der Waals surface area contributed by atoms with E-state index < -0.39 is 31.8 Å². The van der Waals surface area contributed by atoms with E-state index in [1.54, 1.807) is 0 Å². The lowest BCUT2D eigenvalue weighted by atomic mass is 10.4. The number of aliphatic carboxylic acids is 1. The molecule has 1 aromatic carbocycles. The number of alkyl halides is 2. The summed E-state index contributed by atoms with van der Waals surface area (Å²) in [5.41, 5.74) is 0. The average molecular weight is 254 g/mol. The lowest BCUT2D eigenvalue weighted by Gasteiger charge is -2.11. The average Bonchev–Trinajstić information content (AvgIpc) is 2.17. The van der Waals surface area contributed by atoms with E-state index in [0.29, 0.717) is 24.3 Å². The normalized spacial score (nSPS) is 12.4. The highest BCUT2D eigenvalue weighted by atomic mass is 32.2. The summed E-state index contributed by atoms with van der Waals surface area (Å²) in [6, 6.07) is 2.43. The van der Waals surface area contributed by atoms with Gasteiger partial charge in [0.05, 0.1) is 4.90 Å². The predicted octanol–water partition coefficient (Wildman–Crippen LogP) is 1.28. The van der Waals surface area contributed by atoms with Gasteiger partial charge in [-0.25, -0.2) is 17.6 Å². The first-order valence-corrected chi connectivity index (χ1v) is 5.29. The Morgan fingerprint density at radius 2 is 1.62 bits per heavy atom. The zero-order chi connectivity index (χ0) is 12.6. The van der Waals surface area contributed by atoms with Crippen molar-refractivity contribution in [1.82, 2.24) is 0 Å². The van der Waals surface area contributed by atoms with E-state index in [-0.39, 0.29) is 0 Å². The molecule has 0 bridgehead atoms. The topological polar surface area (TPSA) is 71.4 Å². The van der Waals surface area contributed by atoms with Crippen LogP contribution < -0.4 is 0 Å². The van der Waals surface area contributed by atoms with E-state index in [0.717, 1.165) is 0 Å². The van der Waals surface area contributed by atoms with E-state index in [2.05, 4.69) is 0 Å². The van der Waals surface area contributed by atoms with Gasteiger partial charge in [0.1, 0.15) is 5.82 Å². The highest BCUT2D eigenvalue weighted by Gasteiger charge is 2.53. The molecule has 0 aliphatic rings. The first kappa shape index (κ1) is 12.5. The smallest absolute Gasteiger partial charge is 0.444 e. The number of halogens is 3. The quantitative estimate of drug-likeness (QED) is 0.825. The summed E-state index contributed by atoms with van der Waals surface area (Å²) >= 11 is 0. The van der Waals surface area contributed by atoms with Crippen LogP contribution in [0.2, 0.25) is 0 Å². The third-order valence-corrected chi connectivity index (χ3v) is 3.45. The van der Waals surface area contributed by atoms with Crippen LogP contribution in [0.1, 0.15) is 0 Å². The molecule has 8 heteroatoms. The second-order valence-electron chi connectivity index (χ2n) is 2.78. The first-order chi connectivity index (χ1) is 7.19. The third kappa shape index (κ3) is 1.87. The van der Waals surface area contributed by atoms with Gasteiger partial charge >= 0.3 is 11.2 Å². The maximum absolute atomic E-state index is 12.8. The lowest BCUT2D eigenvalue weighted by molar-refractivity contribution is -0.153. The maximum Gasteiger partial charge on any atom is 0.444 e. The standard InChI is InChI=1S/C8H5F3O4S/c9-5-1-3-6(4-2-5)16(14,15)8(10,11)7(12)13/h1-4H,(H,12,13). The minimum atomic E-state index is -5.35. The zero-order valence-corrected chi connectivity index (χ0v) is 8.34. The van der Waals surface area contributed by atoms with E-state index in [4.69, 9.17) is 5.11 Å². The molecule has 0 saturated heterocycles. The number of rotatable bonds is 3. The van der Waals surface area contributed by atoms with Gasteiger partial charge < -0.3 is 5.11 Å². The van der Waals surface area contributed by atoms with Crippen molar-refractivity contribution >= 4 is 15.8 Å². The molecule has 4 nitrogen and oxygen atoms in total. The van der Waals surface area contributed by atoms with Crippen molar-refractivity contribution in [2.24, 2.45) is 0 Å². The van der Waals surface area contributed by atoms with Crippen LogP contribution in [0.4, 0.5) is 13.2 Å². The fraction of sp³-hybridized carbons (Fsp3) is 0.125. The molecule has 0 amide bonds. The molecule has 1 aromatic rings. The van der Waals surface area contributed by atoms with Crippen LogP contribution in [0, 0.1) is 5.82 Å². The highest BCUT2D eigenvalue weighted by Crippen LogP contribution is 2.29. The molecule has 1 rings (SSSR count). The number of carbonyl (C=O) groups is 1. The predicted molar refractivity (Wildman–Crippen MR) is 46.2 cm³/mol. The number of sulfone groups is 1. The molecule has 0 fully saturated rings. The van der Waals surface area contributed by atoms with E-state index in [1.165, 1.54) is 0 Å². The summed E-state index contributed by atoms with van der Waals surface area (Å²) in [6.07, 6.45) is 0. The van der Waals surface area contributed by atoms with Gasteiger partial charge in [-0.1, -0.05) is 0 Å². The van der Waals surface area contributed by atoms with Crippen LogP contribution in [0.5, 0.6) is 0 Å². The van der Waals surface area contributed by atoms with Crippen molar-refractivity contribution in [2.75, 3.05) is 0 Å². The fourth-order valence-electron chi connectivity index (χ4n) is 0.877. The Balaban J connectivity index is 3.33. The molecule has 0 aromatic heterocycles. The van der Waals surface area contributed by atoms with E-state index in [9.17, 15) is 26.4 Å². The summed E-state index contributed by atoms with van der Waals surface area (Å²) in [5.74, 6) is -3.60. The summed E-state index contributed by atoms with van der Waals surface area (Å²) in [4.78, 5) is 9.15. The summed E-state index contributed by atoms with van der Waals surface area (Å²) < 4.78 is 60.4. The minimum Gasteiger partial charge on any atom is -0.476 e. The molecule has 0 spiro atoms. The van der Waals surface area contributed by atoms with Crippen molar-refractivity contribution in [1.29, 1.82) is 0 Å². The van der Waals surface area contributed by atoms with Crippen LogP contribution in [-0.4, -0.2) is 24.7 Å². The van der Waals surface area contributed by atoms with Crippen LogP contribution in [0.25, 0.3) is 0 Å². The molecule has 1 N–H and O–H groups in total. The summed E-state index contributed by atoms with van der Waals surface area (Å²) in [6.45, 7) is 0. The Morgan fingerprint density at radius 1 is 1.19 bits per heavy atom. The van der Waals surface area contributed by atoms with E-state index >= 15 is 0 Å². The second kappa shape index (κ2) is 3.78. The third-order valence-electron chi connectivity index (χ3n) is 1.71. The van der Waals surface area contributed by atoms with Crippen molar-refractivity contribution in [2.45, 2.75) is 10.2 Å².